The summed E-state index contributed by atoms with van der Waals surface area (Å²) in [5.41, 5.74) is 0.0419. The Balaban J connectivity index is 0.00000450. The first-order valence-electron chi connectivity index (χ1n) is 9.82. The average molecular weight is 541 g/mol. The Hall–Kier alpha value is -1.56. The minimum Gasteiger partial charge on any atom is -0.356 e. The van der Waals surface area contributed by atoms with Crippen LogP contribution in [0.3, 0.4) is 0 Å². The molecule has 1 aliphatic rings. The van der Waals surface area contributed by atoms with Crippen LogP contribution in [0.25, 0.3) is 0 Å². The molecule has 0 atom stereocenters. The lowest BCUT2D eigenvalue weighted by Gasteiger charge is -2.36. The number of amides is 1. The predicted molar refractivity (Wildman–Crippen MR) is 123 cm³/mol. The molecule has 1 heterocycles. The number of nitrogens with zero attached hydrogens (tertiary/aromatic N) is 4. The zero-order chi connectivity index (χ0) is 21.4. The number of likely N-dealkylation sites (N-methyl/N-ethyl adjacent to an activating group) is 1. The van der Waals surface area contributed by atoms with Crippen LogP contribution in [0, 0.1) is 0 Å². The summed E-state index contributed by atoms with van der Waals surface area (Å²) in [6, 6.07) is 5.49. The molecule has 170 valence electrons. The van der Waals surface area contributed by atoms with E-state index in [1.54, 1.807) is 20.2 Å². The van der Waals surface area contributed by atoms with Crippen molar-refractivity contribution in [3.63, 3.8) is 0 Å². The molecule has 0 aliphatic carbocycles. The van der Waals surface area contributed by atoms with E-state index < -0.39 is 11.7 Å². The Kier molecular flexibility index (Phi) is 10.9. The van der Waals surface area contributed by atoms with Crippen LogP contribution in [0.5, 0.6) is 0 Å². The summed E-state index contributed by atoms with van der Waals surface area (Å²) in [6.45, 7) is 6.21. The van der Waals surface area contributed by atoms with E-state index in [0.29, 0.717) is 44.2 Å². The van der Waals surface area contributed by atoms with Crippen molar-refractivity contribution in [3.8, 4) is 0 Å². The van der Waals surface area contributed by atoms with E-state index in [9.17, 15) is 18.0 Å². The molecule has 1 aromatic carbocycles. The molecular weight excluding hydrogens is 510 g/mol. The Labute approximate surface area is 193 Å². The second-order valence-electron chi connectivity index (χ2n) is 7.32. The first-order valence-corrected chi connectivity index (χ1v) is 9.82. The summed E-state index contributed by atoms with van der Waals surface area (Å²) in [7, 11) is 3.40. The van der Waals surface area contributed by atoms with Gasteiger partial charge in [-0.15, -0.1) is 24.0 Å². The highest BCUT2D eigenvalue weighted by molar-refractivity contribution is 14.0. The lowest BCUT2D eigenvalue weighted by molar-refractivity contribution is -0.137. The van der Waals surface area contributed by atoms with Crippen molar-refractivity contribution in [1.29, 1.82) is 0 Å². The second kappa shape index (κ2) is 12.3. The first kappa shape index (κ1) is 26.5. The number of piperazine rings is 1. The van der Waals surface area contributed by atoms with E-state index in [-0.39, 0.29) is 36.4 Å². The zero-order valence-corrected chi connectivity index (χ0v) is 20.0. The number of hydrogen-bond acceptors (Lipinski definition) is 3. The highest BCUT2D eigenvalue weighted by Gasteiger charge is 2.30. The highest BCUT2D eigenvalue weighted by Crippen LogP contribution is 2.29. The smallest absolute Gasteiger partial charge is 0.356 e. The summed E-state index contributed by atoms with van der Waals surface area (Å²) >= 11 is 0. The summed E-state index contributed by atoms with van der Waals surface area (Å²) < 4.78 is 38.7. The molecule has 0 bridgehead atoms. The SMILES string of the molecule is CCCNC(=NCC(=O)N(C)C)N1CCN(Cc2cccc(C(F)(F)F)c2)CC1.I. The van der Waals surface area contributed by atoms with Gasteiger partial charge in [0.25, 0.3) is 0 Å². The van der Waals surface area contributed by atoms with Crippen LogP contribution in [0.1, 0.15) is 24.5 Å². The van der Waals surface area contributed by atoms with Gasteiger partial charge in [-0.3, -0.25) is 9.69 Å². The van der Waals surface area contributed by atoms with Crippen molar-refractivity contribution < 1.29 is 18.0 Å². The number of alkyl halides is 3. The van der Waals surface area contributed by atoms with E-state index in [1.165, 1.54) is 17.0 Å². The molecule has 0 aromatic heterocycles. The zero-order valence-electron chi connectivity index (χ0n) is 17.7. The lowest BCUT2D eigenvalue weighted by Crippen LogP contribution is -2.52. The van der Waals surface area contributed by atoms with E-state index in [4.69, 9.17) is 0 Å². The fraction of sp³-hybridized carbons (Fsp3) is 0.600. The molecule has 0 saturated carbocycles. The molecule has 1 saturated heterocycles. The normalized spacial score (nSPS) is 15.5. The summed E-state index contributed by atoms with van der Waals surface area (Å²) in [6.07, 6.45) is -3.38. The Bertz CT molecular complexity index is 704. The van der Waals surface area contributed by atoms with Gasteiger partial charge in [0, 0.05) is 53.4 Å². The van der Waals surface area contributed by atoms with Gasteiger partial charge in [0.15, 0.2) is 5.96 Å². The number of nitrogens with one attached hydrogen (secondary N) is 1. The van der Waals surface area contributed by atoms with Gasteiger partial charge in [-0.2, -0.15) is 13.2 Å². The quantitative estimate of drug-likeness (QED) is 0.342. The van der Waals surface area contributed by atoms with Crippen molar-refractivity contribution in [2.75, 3.05) is 53.4 Å². The summed E-state index contributed by atoms with van der Waals surface area (Å²) in [5.74, 6) is 0.643. The van der Waals surface area contributed by atoms with E-state index in [2.05, 4.69) is 27.0 Å². The largest absolute Gasteiger partial charge is 0.416 e. The average Bonchev–Trinajstić information content (AvgIpc) is 2.68. The van der Waals surface area contributed by atoms with Gasteiger partial charge in [0.2, 0.25) is 5.91 Å². The number of halogens is 4. The number of benzene rings is 1. The molecule has 6 nitrogen and oxygen atoms in total. The van der Waals surface area contributed by atoms with Crippen molar-refractivity contribution in [3.05, 3.63) is 35.4 Å². The standard InChI is InChI=1S/C20H30F3N5O.HI/c1-4-8-24-19(25-14-18(29)26(2)3)28-11-9-27(10-12-28)15-16-6-5-7-17(13-16)20(21,22)23;/h5-7,13H,4,8-12,14-15H2,1-3H3,(H,24,25);1H. The number of hydrogen-bond donors (Lipinski definition) is 1. The van der Waals surface area contributed by atoms with Crippen LogP contribution in [0.4, 0.5) is 13.2 Å². The summed E-state index contributed by atoms with van der Waals surface area (Å²) in [4.78, 5) is 22.0. The maximum atomic E-state index is 12.9. The van der Waals surface area contributed by atoms with Gasteiger partial charge in [0.1, 0.15) is 6.54 Å². The molecule has 10 heteroatoms. The third-order valence-electron chi connectivity index (χ3n) is 4.73. The molecule has 30 heavy (non-hydrogen) atoms. The van der Waals surface area contributed by atoms with Gasteiger partial charge in [-0.05, 0) is 18.1 Å². The summed E-state index contributed by atoms with van der Waals surface area (Å²) in [5, 5.41) is 3.28. The Morgan fingerprint density at radius 2 is 1.87 bits per heavy atom. The van der Waals surface area contributed by atoms with Crippen molar-refractivity contribution in [2.24, 2.45) is 4.99 Å². The molecular formula is C20H31F3IN5O. The van der Waals surface area contributed by atoms with Gasteiger partial charge >= 0.3 is 6.18 Å². The van der Waals surface area contributed by atoms with E-state index >= 15 is 0 Å². The van der Waals surface area contributed by atoms with Crippen molar-refractivity contribution in [2.45, 2.75) is 26.1 Å². The third kappa shape index (κ3) is 8.29. The molecule has 1 aliphatic heterocycles. The number of aliphatic imine (C=N–C) groups is 1. The van der Waals surface area contributed by atoms with Crippen LogP contribution in [0.2, 0.25) is 0 Å². The number of carbonyl (C=O) groups excluding carboxylic acids is 1. The van der Waals surface area contributed by atoms with E-state index in [0.717, 1.165) is 19.0 Å². The van der Waals surface area contributed by atoms with Crippen LogP contribution >= 0.6 is 24.0 Å². The predicted octanol–water partition coefficient (Wildman–Crippen LogP) is 2.88. The molecule has 1 aromatic rings. The highest BCUT2D eigenvalue weighted by atomic mass is 127. The van der Waals surface area contributed by atoms with Crippen LogP contribution in [-0.2, 0) is 17.5 Å². The molecule has 1 N–H and O–H groups in total. The maximum absolute atomic E-state index is 12.9. The number of carbonyl (C=O) groups is 1. The van der Waals surface area contributed by atoms with Gasteiger partial charge < -0.3 is 15.1 Å². The van der Waals surface area contributed by atoms with Gasteiger partial charge in [-0.1, -0.05) is 25.1 Å². The fourth-order valence-corrected chi connectivity index (χ4v) is 3.01. The molecule has 0 unspecified atom stereocenters. The van der Waals surface area contributed by atoms with Crippen LogP contribution in [-0.4, -0.2) is 79.9 Å². The molecule has 2 rings (SSSR count). The van der Waals surface area contributed by atoms with Crippen LogP contribution < -0.4 is 5.32 Å². The molecule has 0 radical (unpaired) electrons. The monoisotopic (exact) mass is 541 g/mol. The van der Waals surface area contributed by atoms with Gasteiger partial charge in [-0.25, -0.2) is 4.99 Å². The van der Waals surface area contributed by atoms with Gasteiger partial charge in [0.05, 0.1) is 5.56 Å². The number of guanidine groups is 1. The van der Waals surface area contributed by atoms with Crippen molar-refractivity contribution in [1.82, 2.24) is 20.0 Å². The maximum Gasteiger partial charge on any atom is 0.416 e. The minimum atomic E-state index is -4.32. The fourth-order valence-electron chi connectivity index (χ4n) is 3.01. The molecule has 1 fully saturated rings. The Morgan fingerprint density at radius 1 is 1.20 bits per heavy atom. The Morgan fingerprint density at radius 3 is 2.43 bits per heavy atom. The van der Waals surface area contributed by atoms with E-state index in [1.807, 2.05) is 0 Å². The number of rotatable bonds is 6. The second-order valence-corrected chi connectivity index (χ2v) is 7.32. The third-order valence-corrected chi connectivity index (χ3v) is 4.73. The van der Waals surface area contributed by atoms with Crippen LogP contribution in [0.15, 0.2) is 29.3 Å². The lowest BCUT2D eigenvalue weighted by atomic mass is 10.1. The topological polar surface area (TPSA) is 51.2 Å². The molecule has 1 amide bonds. The van der Waals surface area contributed by atoms with Crippen molar-refractivity contribution >= 4 is 35.8 Å². The molecule has 0 spiro atoms. The first-order chi connectivity index (χ1) is 13.7. The minimum absolute atomic E-state index is 0.